The number of carbonyl (C=O) groups is 1. The van der Waals surface area contributed by atoms with E-state index in [1.807, 2.05) is 47.9 Å². The minimum Gasteiger partial charge on any atom is -0.387 e. The first-order chi connectivity index (χ1) is 11.0. The van der Waals surface area contributed by atoms with E-state index in [9.17, 15) is 9.90 Å². The number of aliphatic hydroxyl groups is 1. The first-order valence-corrected chi connectivity index (χ1v) is 8.74. The van der Waals surface area contributed by atoms with Crippen molar-refractivity contribution in [1.82, 2.24) is 9.80 Å². The maximum atomic E-state index is 12.4. The molecule has 1 unspecified atom stereocenters. The van der Waals surface area contributed by atoms with Gasteiger partial charge in [0.15, 0.2) is 0 Å². The maximum absolute atomic E-state index is 12.4. The molecule has 0 bridgehead atoms. The number of carbonyl (C=O) groups excluding carboxylic acids is 1. The van der Waals surface area contributed by atoms with E-state index < -0.39 is 6.10 Å². The van der Waals surface area contributed by atoms with E-state index in [-0.39, 0.29) is 5.91 Å². The van der Waals surface area contributed by atoms with Crippen molar-refractivity contribution in [2.24, 2.45) is 5.92 Å². The Kier molecular flexibility index (Phi) is 6.60. The van der Waals surface area contributed by atoms with Crippen molar-refractivity contribution in [3.8, 4) is 0 Å². The Bertz CT molecular complexity index is 493. The zero-order valence-electron chi connectivity index (χ0n) is 14.7. The number of nitrogens with zero attached hydrogens (tertiary/aromatic N) is 2. The van der Waals surface area contributed by atoms with Crippen LogP contribution in [0.4, 0.5) is 0 Å². The maximum Gasteiger partial charge on any atom is 0.236 e. The second-order valence-electron chi connectivity index (χ2n) is 6.82. The van der Waals surface area contributed by atoms with Crippen LogP contribution in [-0.2, 0) is 4.79 Å². The molecule has 1 aliphatic heterocycles. The molecule has 0 radical (unpaired) electrons. The molecular formula is C19H30N2O2. The molecule has 1 aromatic rings. The third-order valence-electron chi connectivity index (χ3n) is 4.84. The molecule has 2 rings (SSSR count). The molecule has 1 heterocycles. The average molecular weight is 318 g/mol. The van der Waals surface area contributed by atoms with Gasteiger partial charge in [0, 0.05) is 19.6 Å². The van der Waals surface area contributed by atoms with Gasteiger partial charge in [-0.25, -0.2) is 0 Å². The summed E-state index contributed by atoms with van der Waals surface area (Å²) in [4.78, 5) is 16.4. The van der Waals surface area contributed by atoms with Crippen LogP contribution >= 0.6 is 0 Å². The van der Waals surface area contributed by atoms with Crippen LogP contribution in [-0.4, -0.2) is 53.5 Å². The number of amides is 1. The number of aliphatic hydroxyl groups excluding tert-OH is 1. The fourth-order valence-electron chi connectivity index (χ4n) is 2.99. The number of likely N-dealkylation sites (tertiary alicyclic amines) is 1. The van der Waals surface area contributed by atoms with E-state index in [4.69, 9.17) is 0 Å². The summed E-state index contributed by atoms with van der Waals surface area (Å²) in [6.45, 7) is 9.72. The zero-order chi connectivity index (χ0) is 16.8. The molecule has 0 saturated carbocycles. The Morgan fingerprint density at radius 1 is 1.30 bits per heavy atom. The summed E-state index contributed by atoms with van der Waals surface area (Å²) in [7, 11) is 0. The van der Waals surface area contributed by atoms with Gasteiger partial charge in [-0.1, -0.05) is 43.7 Å². The van der Waals surface area contributed by atoms with Crippen LogP contribution in [0.15, 0.2) is 24.3 Å². The molecule has 1 aliphatic rings. The predicted molar refractivity (Wildman–Crippen MR) is 93.2 cm³/mol. The van der Waals surface area contributed by atoms with Gasteiger partial charge >= 0.3 is 0 Å². The van der Waals surface area contributed by atoms with Crippen molar-refractivity contribution < 1.29 is 9.90 Å². The highest BCUT2D eigenvalue weighted by Gasteiger charge is 2.22. The van der Waals surface area contributed by atoms with Gasteiger partial charge in [0.05, 0.1) is 12.6 Å². The van der Waals surface area contributed by atoms with Crippen molar-refractivity contribution in [3.05, 3.63) is 35.4 Å². The fraction of sp³-hybridized carbons (Fsp3) is 0.632. The lowest BCUT2D eigenvalue weighted by Crippen LogP contribution is -2.44. The largest absolute Gasteiger partial charge is 0.387 e. The Labute approximate surface area is 140 Å². The van der Waals surface area contributed by atoms with Crippen LogP contribution < -0.4 is 0 Å². The molecule has 1 atom stereocenters. The van der Waals surface area contributed by atoms with Crippen molar-refractivity contribution in [3.63, 3.8) is 0 Å². The van der Waals surface area contributed by atoms with E-state index in [1.165, 1.54) is 5.56 Å². The fourth-order valence-corrected chi connectivity index (χ4v) is 2.99. The van der Waals surface area contributed by atoms with E-state index in [0.29, 0.717) is 13.1 Å². The van der Waals surface area contributed by atoms with E-state index in [1.54, 1.807) is 0 Å². The van der Waals surface area contributed by atoms with Crippen LogP contribution in [0.1, 0.15) is 43.9 Å². The molecule has 4 heteroatoms. The Morgan fingerprint density at radius 3 is 2.48 bits per heavy atom. The Morgan fingerprint density at radius 2 is 1.91 bits per heavy atom. The number of rotatable bonds is 6. The Balaban J connectivity index is 1.86. The second-order valence-corrected chi connectivity index (χ2v) is 6.82. The van der Waals surface area contributed by atoms with Crippen LogP contribution in [0.3, 0.4) is 0 Å². The number of piperidine rings is 1. The number of likely N-dealkylation sites (N-methyl/N-ethyl adjacent to an activating group) is 1. The van der Waals surface area contributed by atoms with Gasteiger partial charge in [-0.05, 0) is 37.8 Å². The molecule has 0 spiro atoms. The van der Waals surface area contributed by atoms with Crippen molar-refractivity contribution in [1.29, 1.82) is 0 Å². The van der Waals surface area contributed by atoms with Crippen LogP contribution in [0.25, 0.3) is 0 Å². The zero-order valence-corrected chi connectivity index (χ0v) is 14.7. The minimum atomic E-state index is -0.551. The predicted octanol–water partition coefficient (Wildman–Crippen LogP) is 2.61. The lowest BCUT2D eigenvalue weighted by molar-refractivity contribution is -0.134. The molecule has 4 nitrogen and oxygen atoms in total. The van der Waals surface area contributed by atoms with Crippen molar-refractivity contribution in [2.75, 3.05) is 32.7 Å². The summed E-state index contributed by atoms with van der Waals surface area (Å²) in [6.07, 6.45) is 1.65. The average Bonchev–Trinajstić information content (AvgIpc) is 2.55. The molecule has 128 valence electrons. The normalized spacial score (nSPS) is 17.5. The smallest absolute Gasteiger partial charge is 0.236 e. The topological polar surface area (TPSA) is 43.8 Å². The monoisotopic (exact) mass is 318 g/mol. The molecular weight excluding hydrogens is 288 g/mol. The molecule has 1 amide bonds. The SMILES string of the molecule is CCN(CC(=O)N1CCC(C)CC1)CC(O)c1ccc(C)cc1. The van der Waals surface area contributed by atoms with Gasteiger partial charge in [0.2, 0.25) is 5.91 Å². The summed E-state index contributed by atoms with van der Waals surface area (Å²) in [5.41, 5.74) is 2.09. The summed E-state index contributed by atoms with van der Waals surface area (Å²) in [6, 6.07) is 7.94. The molecule has 0 aromatic heterocycles. The molecule has 0 aliphatic carbocycles. The number of aryl methyl sites for hydroxylation is 1. The van der Waals surface area contributed by atoms with Gasteiger partial charge in [0.1, 0.15) is 0 Å². The van der Waals surface area contributed by atoms with Gasteiger partial charge < -0.3 is 10.0 Å². The number of hydrogen-bond acceptors (Lipinski definition) is 3. The lowest BCUT2D eigenvalue weighted by atomic mass is 9.99. The first-order valence-electron chi connectivity index (χ1n) is 8.74. The molecule has 1 aromatic carbocycles. The number of benzene rings is 1. The lowest BCUT2D eigenvalue weighted by Gasteiger charge is -2.32. The highest BCUT2D eigenvalue weighted by Crippen LogP contribution is 2.17. The van der Waals surface area contributed by atoms with Crippen molar-refractivity contribution >= 4 is 5.91 Å². The van der Waals surface area contributed by atoms with E-state index in [0.717, 1.165) is 44.0 Å². The molecule has 1 N–H and O–H groups in total. The summed E-state index contributed by atoms with van der Waals surface area (Å²) in [5, 5.41) is 10.4. The van der Waals surface area contributed by atoms with Gasteiger partial charge in [-0.15, -0.1) is 0 Å². The Hall–Kier alpha value is -1.39. The van der Waals surface area contributed by atoms with Crippen LogP contribution in [0, 0.1) is 12.8 Å². The van der Waals surface area contributed by atoms with Crippen molar-refractivity contribution in [2.45, 2.75) is 39.7 Å². The summed E-state index contributed by atoms with van der Waals surface area (Å²) in [5.74, 6) is 0.916. The molecule has 23 heavy (non-hydrogen) atoms. The minimum absolute atomic E-state index is 0.190. The third kappa shape index (κ3) is 5.33. The van der Waals surface area contributed by atoms with Gasteiger partial charge in [0.25, 0.3) is 0 Å². The van der Waals surface area contributed by atoms with E-state index in [2.05, 4.69) is 6.92 Å². The summed E-state index contributed by atoms with van der Waals surface area (Å²) >= 11 is 0. The third-order valence-corrected chi connectivity index (χ3v) is 4.84. The van der Waals surface area contributed by atoms with Gasteiger partial charge in [-0.2, -0.15) is 0 Å². The van der Waals surface area contributed by atoms with Crippen LogP contribution in [0.2, 0.25) is 0 Å². The first kappa shape index (κ1) is 18.0. The number of hydrogen-bond donors (Lipinski definition) is 1. The van der Waals surface area contributed by atoms with E-state index >= 15 is 0 Å². The highest BCUT2D eigenvalue weighted by atomic mass is 16.3. The quantitative estimate of drug-likeness (QED) is 0.877. The standard InChI is InChI=1S/C19H30N2O2/c1-4-20(13-18(22)17-7-5-15(2)6-8-17)14-19(23)21-11-9-16(3)10-12-21/h5-8,16,18,22H,4,9-14H2,1-3H3. The highest BCUT2D eigenvalue weighted by molar-refractivity contribution is 5.78. The van der Waals surface area contributed by atoms with Gasteiger partial charge in [-0.3, -0.25) is 9.69 Å². The molecule has 1 fully saturated rings. The van der Waals surface area contributed by atoms with Crippen LogP contribution in [0.5, 0.6) is 0 Å². The summed E-state index contributed by atoms with van der Waals surface area (Å²) < 4.78 is 0. The second kappa shape index (κ2) is 8.46. The molecule has 1 saturated heterocycles.